The van der Waals surface area contributed by atoms with Crippen LogP contribution in [0.4, 0.5) is 10.1 Å². The molecule has 2 saturated heterocycles. The summed E-state index contributed by atoms with van der Waals surface area (Å²) >= 11 is 1.39. The van der Waals surface area contributed by atoms with Crippen LogP contribution in [0, 0.1) is 11.7 Å². The van der Waals surface area contributed by atoms with E-state index in [1.54, 1.807) is 12.1 Å². The molecule has 2 aliphatic heterocycles. The summed E-state index contributed by atoms with van der Waals surface area (Å²) in [5.41, 5.74) is 2.73. The molecule has 2 aromatic rings. The predicted molar refractivity (Wildman–Crippen MR) is 126 cm³/mol. The zero-order valence-corrected chi connectivity index (χ0v) is 19.0. The summed E-state index contributed by atoms with van der Waals surface area (Å²) in [6, 6.07) is 14.4. The Bertz CT molecular complexity index is 955. The molecule has 0 radical (unpaired) electrons. The van der Waals surface area contributed by atoms with Crippen molar-refractivity contribution >= 4 is 29.3 Å². The van der Waals surface area contributed by atoms with Gasteiger partial charge in [0, 0.05) is 31.4 Å². The molecule has 6 nitrogen and oxygen atoms in total. The number of piperidine rings is 1. The standard InChI is InChI=1S/C24H29FN4O2S/c1-2-16-4-3-5-19(12-16)26-22(30)15-32-24-27-21-10-11-29(14-20(21)23(31)28-24)13-17-6-8-18(25)9-7-17/h3-9,12,20-21,24,27H,2,10-11,13-15H2,1H3,(H,26,30)(H,28,31). The molecule has 3 atom stereocenters. The van der Waals surface area contributed by atoms with Crippen LogP contribution in [0.3, 0.4) is 0 Å². The number of thioether (sulfide) groups is 1. The molecule has 0 bridgehead atoms. The number of fused-ring (bicyclic) bond motifs is 1. The van der Waals surface area contributed by atoms with Gasteiger partial charge in [0.05, 0.1) is 11.7 Å². The van der Waals surface area contributed by atoms with Crippen molar-refractivity contribution in [3.8, 4) is 0 Å². The average molecular weight is 457 g/mol. The van der Waals surface area contributed by atoms with Crippen LogP contribution in [-0.4, -0.2) is 47.1 Å². The monoisotopic (exact) mass is 456 g/mol. The first-order valence-corrected chi connectivity index (χ1v) is 12.1. The number of aryl methyl sites for hydroxylation is 1. The van der Waals surface area contributed by atoms with Crippen LogP contribution in [0.5, 0.6) is 0 Å². The number of halogens is 1. The first kappa shape index (κ1) is 22.8. The van der Waals surface area contributed by atoms with Gasteiger partial charge >= 0.3 is 0 Å². The molecule has 0 aliphatic carbocycles. The molecule has 170 valence electrons. The predicted octanol–water partition coefficient (Wildman–Crippen LogP) is 2.95. The zero-order chi connectivity index (χ0) is 22.5. The van der Waals surface area contributed by atoms with Crippen molar-refractivity contribution in [1.82, 2.24) is 15.5 Å². The number of likely N-dealkylation sites (tertiary alicyclic amines) is 1. The number of benzene rings is 2. The number of hydrogen-bond acceptors (Lipinski definition) is 5. The number of anilines is 1. The lowest BCUT2D eigenvalue weighted by molar-refractivity contribution is -0.130. The maximum Gasteiger partial charge on any atom is 0.234 e. The third kappa shape index (κ3) is 5.88. The molecule has 2 aliphatic rings. The summed E-state index contributed by atoms with van der Waals surface area (Å²) in [5.74, 6) is -0.189. The van der Waals surface area contributed by atoms with E-state index in [9.17, 15) is 14.0 Å². The van der Waals surface area contributed by atoms with Gasteiger partial charge in [0.25, 0.3) is 0 Å². The second kappa shape index (κ2) is 10.5. The van der Waals surface area contributed by atoms with E-state index in [-0.39, 0.29) is 40.8 Å². The fourth-order valence-corrected chi connectivity index (χ4v) is 5.12. The van der Waals surface area contributed by atoms with E-state index in [0.29, 0.717) is 13.1 Å². The van der Waals surface area contributed by atoms with Gasteiger partial charge in [-0.3, -0.25) is 19.8 Å². The van der Waals surface area contributed by atoms with E-state index in [0.717, 1.165) is 30.6 Å². The lowest BCUT2D eigenvalue weighted by Crippen LogP contribution is -2.64. The molecule has 3 N–H and O–H groups in total. The number of carbonyl (C=O) groups excluding carboxylic acids is 2. The number of nitrogens with zero attached hydrogens (tertiary/aromatic N) is 1. The Morgan fingerprint density at radius 1 is 1.22 bits per heavy atom. The third-order valence-corrected chi connectivity index (χ3v) is 7.01. The Balaban J connectivity index is 1.25. The second-order valence-corrected chi connectivity index (χ2v) is 9.43. The highest BCUT2D eigenvalue weighted by Gasteiger charge is 2.39. The summed E-state index contributed by atoms with van der Waals surface area (Å²) in [6.07, 6.45) is 1.77. The fourth-order valence-electron chi connectivity index (χ4n) is 4.26. The van der Waals surface area contributed by atoms with E-state index in [4.69, 9.17) is 0 Å². The minimum absolute atomic E-state index is 0.0195. The summed E-state index contributed by atoms with van der Waals surface area (Å²) in [7, 11) is 0. The average Bonchev–Trinajstić information content (AvgIpc) is 2.80. The molecule has 8 heteroatoms. The number of hydrogen-bond donors (Lipinski definition) is 3. The van der Waals surface area contributed by atoms with Crippen molar-refractivity contribution in [3.63, 3.8) is 0 Å². The molecule has 2 amide bonds. The lowest BCUT2D eigenvalue weighted by Gasteiger charge is -2.43. The van der Waals surface area contributed by atoms with Crippen molar-refractivity contribution in [2.45, 2.75) is 37.8 Å². The van der Waals surface area contributed by atoms with Crippen molar-refractivity contribution < 1.29 is 14.0 Å². The first-order chi connectivity index (χ1) is 15.5. The topological polar surface area (TPSA) is 73.5 Å². The molecule has 4 rings (SSSR count). The quantitative estimate of drug-likeness (QED) is 0.598. The summed E-state index contributed by atoms with van der Waals surface area (Å²) < 4.78 is 13.1. The Hall–Kier alpha value is -2.42. The Labute approximate surface area is 192 Å². The zero-order valence-electron chi connectivity index (χ0n) is 18.1. The molecule has 32 heavy (non-hydrogen) atoms. The second-order valence-electron chi connectivity index (χ2n) is 8.33. The van der Waals surface area contributed by atoms with E-state index < -0.39 is 0 Å². The van der Waals surface area contributed by atoms with Crippen LogP contribution in [-0.2, 0) is 22.6 Å². The Kier molecular flexibility index (Phi) is 7.44. The van der Waals surface area contributed by atoms with E-state index in [1.807, 2.05) is 24.3 Å². The van der Waals surface area contributed by atoms with Crippen molar-refractivity contribution in [1.29, 1.82) is 0 Å². The molecule has 3 unspecified atom stereocenters. The number of carbonyl (C=O) groups is 2. The molecule has 0 aromatic heterocycles. The number of rotatable bonds is 7. The van der Waals surface area contributed by atoms with Crippen LogP contribution in [0.15, 0.2) is 48.5 Å². The summed E-state index contributed by atoms with van der Waals surface area (Å²) in [5, 5.41) is 9.42. The largest absolute Gasteiger partial charge is 0.331 e. The van der Waals surface area contributed by atoms with E-state index in [2.05, 4.69) is 27.8 Å². The maximum atomic E-state index is 13.1. The highest BCUT2D eigenvalue weighted by molar-refractivity contribution is 8.00. The molecule has 2 aromatic carbocycles. The van der Waals surface area contributed by atoms with Crippen LogP contribution in [0.1, 0.15) is 24.5 Å². The van der Waals surface area contributed by atoms with Crippen molar-refractivity contribution in [2.24, 2.45) is 5.92 Å². The fraction of sp³-hybridized carbons (Fsp3) is 0.417. The van der Waals surface area contributed by atoms with E-state index >= 15 is 0 Å². The van der Waals surface area contributed by atoms with Gasteiger partial charge in [0.2, 0.25) is 11.8 Å². The smallest absolute Gasteiger partial charge is 0.234 e. The highest BCUT2D eigenvalue weighted by atomic mass is 32.2. The maximum absolute atomic E-state index is 13.1. The SMILES string of the molecule is CCc1cccc(NC(=O)CSC2NC(=O)C3CN(Cc4ccc(F)cc4)CCC3N2)c1. The highest BCUT2D eigenvalue weighted by Crippen LogP contribution is 2.25. The molecule has 2 fully saturated rings. The van der Waals surface area contributed by atoms with Crippen LogP contribution in [0.2, 0.25) is 0 Å². The minimum Gasteiger partial charge on any atom is -0.331 e. The molecule has 2 heterocycles. The molecule has 0 saturated carbocycles. The normalized spacial score (nSPS) is 23.3. The van der Waals surface area contributed by atoms with Gasteiger partial charge in [-0.15, -0.1) is 11.8 Å². The summed E-state index contributed by atoms with van der Waals surface area (Å²) in [4.78, 5) is 27.3. The molecular formula is C24H29FN4O2S. The number of nitrogens with one attached hydrogen (secondary N) is 3. The van der Waals surface area contributed by atoms with Gasteiger partial charge in [0.1, 0.15) is 11.3 Å². The van der Waals surface area contributed by atoms with Gasteiger partial charge in [-0.25, -0.2) is 4.39 Å². The number of amides is 2. The van der Waals surface area contributed by atoms with E-state index in [1.165, 1.54) is 29.5 Å². The summed E-state index contributed by atoms with van der Waals surface area (Å²) in [6.45, 7) is 4.31. The minimum atomic E-state index is -0.278. The van der Waals surface area contributed by atoms with Gasteiger partial charge in [-0.05, 0) is 48.2 Å². The van der Waals surface area contributed by atoms with Crippen LogP contribution < -0.4 is 16.0 Å². The Morgan fingerprint density at radius 3 is 2.81 bits per heavy atom. The molecular weight excluding hydrogens is 427 g/mol. The van der Waals surface area contributed by atoms with Crippen LogP contribution in [0.25, 0.3) is 0 Å². The van der Waals surface area contributed by atoms with Gasteiger partial charge < -0.3 is 10.6 Å². The van der Waals surface area contributed by atoms with Crippen molar-refractivity contribution in [2.75, 3.05) is 24.2 Å². The van der Waals surface area contributed by atoms with Gasteiger partial charge in [-0.2, -0.15) is 0 Å². The third-order valence-electron chi connectivity index (χ3n) is 5.99. The Morgan fingerprint density at radius 2 is 2.03 bits per heavy atom. The van der Waals surface area contributed by atoms with Crippen molar-refractivity contribution in [3.05, 3.63) is 65.5 Å². The molecule has 0 spiro atoms. The van der Waals surface area contributed by atoms with Gasteiger partial charge in [-0.1, -0.05) is 31.2 Å². The lowest BCUT2D eigenvalue weighted by atomic mass is 9.89. The van der Waals surface area contributed by atoms with Crippen LogP contribution >= 0.6 is 11.8 Å². The first-order valence-electron chi connectivity index (χ1n) is 11.0. The van der Waals surface area contributed by atoms with Gasteiger partial charge in [0.15, 0.2) is 0 Å².